The predicted molar refractivity (Wildman–Crippen MR) is 77.4 cm³/mol. The summed E-state index contributed by atoms with van der Waals surface area (Å²) in [5.74, 6) is 1.16. The lowest BCUT2D eigenvalue weighted by Gasteiger charge is -2.05. The molecule has 0 bridgehead atoms. The number of rotatable bonds is 2. The van der Waals surface area contributed by atoms with Crippen LogP contribution in [-0.4, -0.2) is 24.7 Å². The van der Waals surface area contributed by atoms with Gasteiger partial charge in [-0.2, -0.15) is 9.50 Å². The lowest BCUT2D eigenvalue weighted by atomic mass is 10.1. The van der Waals surface area contributed by atoms with Gasteiger partial charge < -0.3 is 5.11 Å². The number of aromatic amines is 1. The highest BCUT2D eigenvalue weighted by Crippen LogP contribution is 2.38. The smallest absolute Gasteiger partial charge is 0.264 e. The summed E-state index contributed by atoms with van der Waals surface area (Å²) in [6.45, 7) is 1.97. The van der Waals surface area contributed by atoms with E-state index in [0.29, 0.717) is 17.3 Å². The van der Waals surface area contributed by atoms with Crippen LogP contribution in [0.4, 0.5) is 0 Å². The Morgan fingerprint density at radius 1 is 1.29 bits per heavy atom. The van der Waals surface area contributed by atoms with E-state index in [1.807, 2.05) is 31.2 Å². The predicted octanol–water partition coefficient (Wildman–Crippen LogP) is 1.98. The van der Waals surface area contributed by atoms with Crippen LogP contribution in [0.2, 0.25) is 0 Å². The zero-order valence-electron chi connectivity index (χ0n) is 11.5. The number of hydrogen-bond donors (Lipinski definition) is 2. The van der Waals surface area contributed by atoms with Crippen LogP contribution >= 0.6 is 0 Å². The second-order valence-electron chi connectivity index (χ2n) is 5.50. The first-order chi connectivity index (χ1) is 10.1. The van der Waals surface area contributed by atoms with Gasteiger partial charge in [0, 0.05) is 5.92 Å². The van der Waals surface area contributed by atoms with Gasteiger partial charge in [-0.05, 0) is 25.3 Å². The lowest BCUT2D eigenvalue weighted by molar-refractivity contribution is 0.436. The van der Waals surface area contributed by atoms with Crippen molar-refractivity contribution in [3.05, 3.63) is 46.0 Å². The van der Waals surface area contributed by atoms with Crippen LogP contribution in [0.3, 0.4) is 0 Å². The van der Waals surface area contributed by atoms with Gasteiger partial charge in [0.25, 0.3) is 5.56 Å². The Morgan fingerprint density at radius 3 is 2.67 bits per heavy atom. The van der Waals surface area contributed by atoms with Crippen molar-refractivity contribution < 1.29 is 5.11 Å². The van der Waals surface area contributed by atoms with E-state index in [9.17, 15) is 9.90 Å². The summed E-state index contributed by atoms with van der Waals surface area (Å²) in [6.07, 6.45) is 2.12. The third-order valence-corrected chi connectivity index (χ3v) is 3.78. The molecule has 1 fully saturated rings. The number of fused-ring (bicyclic) bond motifs is 1. The summed E-state index contributed by atoms with van der Waals surface area (Å²) < 4.78 is 1.31. The molecule has 2 N–H and O–H groups in total. The third-order valence-electron chi connectivity index (χ3n) is 3.78. The molecule has 2 aromatic heterocycles. The first-order valence-corrected chi connectivity index (χ1v) is 6.92. The molecular weight excluding hydrogens is 268 g/mol. The van der Waals surface area contributed by atoms with Gasteiger partial charge in [0.2, 0.25) is 11.7 Å². The first kappa shape index (κ1) is 12.1. The molecule has 0 amide bonds. The van der Waals surface area contributed by atoms with Gasteiger partial charge in [-0.25, -0.2) is 0 Å². The van der Waals surface area contributed by atoms with Crippen molar-refractivity contribution in [1.29, 1.82) is 0 Å². The molecule has 0 radical (unpaired) electrons. The maximum absolute atomic E-state index is 12.2. The molecule has 2 heterocycles. The molecule has 4 rings (SSSR count). The summed E-state index contributed by atoms with van der Waals surface area (Å²) in [5.41, 5.74) is 1.60. The van der Waals surface area contributed by atoms with E-state index in [-0.39, 0.29) is 22.8 Å². The number of aryl methyl sites for hydroxylation is 1. The van der Waals surface area contributed by atoms with Crippen LogP contribution < -0.4 is 5.56 Å². The highest BCUT2D eigenvalue weighted by Gasteiger charge is 2.29. The van der Waals surface area contributed by atoms with Crippen LogP contribution in [0.25, 0.3) is 16.9 Å². The minimum atomic E-state index is -0.362. The fraction of sp³-hybridized carbons (Fsp3) is 0.267. The van der Waals surface area contributed by atoms with Gasteiger partial charge in [0.1, 0.15) is 5.56 Å². The van der Waals surface area contributed by atoms with Crippen LogP contribution in [-0.2, 0) is 0 Å². The Balaban J connectivity index is 1.96. The number of nitrogens with one attached hydrogen (secondary N) is 1. The van der Waals surface area contributed by atoms with E-state index >= 15 is 0 Å². The van der Waals surface area contributed by atoms with E-state index < -0.39 is 0 Å². The third kappa shape index (κ3) is 1.91. The molecule has 0 aliphatic heterocycles. The molecule has 1 aromatic carbocycles. The minimum Gasteiger partial charge on any atom is -0.493 e. The average molecular weight is 282 g/mol. The Bertz CT molecular complexity index is 888. The van der Waals surface area contributed by atoms with Gasteiger partial charge in [-0.15, -0.1) is 5.10 Å². The molecule has 1 saturated carbocycles. The second kappa shape index (κ2) is 4.18. The highest BCUT2D eigenvalue weighted by atomic mass is 16.3. The molecule has 3 aromatic rings. The second-order valence-corrected chi connectivity index (χ2v) is 5.50. The molecule has 0 spiro atoms. The SMILES string of the molecule is Cc1ccc(-c2c(O)n3nc(C4CC4)nc3[nH]c2=O)cc1. The zero-order chi connectivity index (χ0) is 14.6. The summed E-state index contributed by atoms with van der Waals surface area (Å²) in [5, 5.41) is 14.7. The Kier molecular flexibility index (Phi) is 2.42. The quantitative estimate of drug-likeness (QED) is 0.752. The molecule has 6 heteroatoms. The van der Waals surface area contributed by atoms with E-state index in [1.165, 1.54) is 4.52 Å². The number of aromatic hydroxyl groups is 1. The number of hydrogen-bond acceptors (Lipinski definition) is 4. The number of benzene rings is 1. The Morgan fingerprint density at radius 2 is 2.00 bits per heavy atom. The van der Waals surface area contributed by atoms with Crippen molar-refractivity contribution in [3.63, 3.8) is 0 Å². The number of aromatic nitrogens is 4. The largest absolute Gasteiger partial charge is 0.493 e. The van der Waals surface area contributed by atoms with E-state index in [1.54, 1.807) is 0 Å². The van der Waals surface area contributed by atoms with Crippen LogP contribution in [0.1, 0.15) is 30.1 Å². The number of H-pyrrole nitrogens is 1. The fourth-order valence-electron chi connectivity index (χ4n) is 2.42. The standard InChI is InChI=1S/C15H14N4O2/c1-8-2-4-9(5-3-8)11-13(20)17-15-16-12(10-6-7-10)18-19(15)14(11)21/h2-5,10,21H,6-7H2,1H3,(H,16,17,18,20). The topological polar surface area (TPSA) is 83.3 Å². The first-order valence-electron chi connectivity index (χ1n) is 6.92. The maximum atomic E-state index is 12.2. The van der Waals surface area contributed by atoms with Gasteiger partial charge in [-0.1, -0.05) is 29.8 Å². The number of nitrogens with zero attached hydrogens (tertiary/aromatic N) is 3. The van der Waals surface area contributed by atoms with Gasteiger partial charge in [-0.3, -0.25) is 9.78 Å². The molecule has 21 heavy (non-hydrogen) atoms. The molecule has 0 atom stereocenters. The van der Waals surface area contributed by atoms with Crippen molar-refractivity contribution in [2.45, 2.75) is 25.7 Å². The molecule has 1 aliphatic rings. The molecule has 106 valence electrons. The molecule has 0 unspecified atom stereocenters. The van der Waals surface area contributed by atoms with E-state index in [4.69, 9.17) is 0 Å². The monoisotopic (exact) mass is 282 g/mol. The van der Waals surface area contributed by atoms with Gasteiger partial charge in [0.05, 0.1) is 0 Å². The van der Waals surface area contributed by atoms with Gasteiger partial charge >= 0.3 is 0 Å². The molecule has 0 saturated heterocycles. The zero-order valence-corrected chi connectivity index (χ0v) is 11.5. The van der Waals surface area contributed by atoms with Crippen molar-refractivity contribution in [1.82, 2.24) is 19.6 Å². The normalized spacial score (nSPS) is 14.7. The Labute approximate surface area is 120 Å². The van der Waals surface area contributed by atoms with Crippen molar-refractivity contribution >= 4 is 5.78 Å². The average Bonchev–Trinajstić information content (AvgIpc) is 3.22. The van der Waals surface area contributed by atoms with Crippen LogP contribution in [0.15, 0.2) is 29.1 Å². The van der Waals surface area contributed by atoms with Crippen molar-refractivity contribution in [2.24, 2.45) is 0 Å². The van der Waals surface area contributed by atoms with Crippen LogP contribution in [0, 0.1) is 6.92 Å². The van der Waals surface area contributed by atoms with Crippen molar-refractivity contribution in [3.8, 4) is 17.0 Å². The van der Waals surface area contributed by atoms with E-state index in [0.717, 1.165) is 18.4 Å². The maximum Gasteiger partial charge on any atom is 0.264 e. The van der Waals surface area contributed by atoms with Gasteiger partial charge in [0.15, 0.2) is 5.82 Å². The highest BCUT2D eigenvalue weighted by molar-refractivity contribution is 5.68. The molecule has 6 nitrogen and oxygen atoms in total. The summed E-state index contributed by atoms with van der Waals surface area (Å²) in [4.78, 5) is 19.2. The Hall–Kier alpha value is -2.63. The summed E-state index contributed by atoms with van der Waals surface area (Å²) >= 11 is 0. The van der Waals surface area contributed by atoms with Crippen LogP contribution in [0.5, 0.6) is 5.88 Å². The summed E-state index contributed by atoms with van der Waals surface area (Å²) in [7, 11) is 0. The lowest BCUT2D eigenvalue weighted by Crippen LogP contribution is -2.12. The van der Waals surface area contributed by atoms with E-state index in [2.05, 4.69) is 15.1 Å². The fourth-order valence-corrected chi connectivity index (χ4v) is 2.42. The minimum absolute atomic E-state index is 0.169. The molecule has 1 aliphatic carbocycles. The summed E-state index contributed by atoms with van der Waals surface area (Å²) in [6, 6.07) is 7.42. The molecular formula is C15H14N4O2. The van der Waals surface area contributed by atoms with Crippen molar-refractivity contribution in [2.75, 3.05) is 0 Å².